The van der Waals surface area contributed by atoms with Crippen molar-refractivity contribution in [3.63, 3.8) is 0 Å². The lowest BCUT2D eigenvalue weighted by Crippen LogP contribution is -1.99. The molecule has 0 spiro atoms. The van der Waals surface area contributed by atoms with Crippen LogP contribution < -0.4 is 5.43 Å². The molecule has 1 heterocycles. The summed E-state index contributed by atoms with van der Waals surface area (Å²) in [5, 5.41) is 28.9. The fourth-order valence-electron chi connectivity index (χ4n) is 2.00. The lowest BCUT2D eigenvalue weighted by Gasteiger charge is -2.11. The van der Waals surface area contributed by atoms with Crippen molar-refractivity contribution in [1.82, 2.24) is 0 Å². The van der Waals surface area contributed by atoms with E-state index in [2.05, 4.69) is 0 Å². The number of phenolic OH excluding ortho intramolecular Hbond substituents is 2. The maximum absolute atomic E-state index is 11.4. The highest BCUT2D eigenvalue weighted by atomic mass is 35.5. The fraction of sp³-hybridized carbons (Fsp3) is 0. The summed E-state index contributed by atoms with van der Waals surface area (Å²) in [5.74, 6) is 0.00726. The summed E-state index contributed by atoms with van der Waals surface area (Å²) in [7, 11) is 0. The number of phenols is 2. The van der Waals surface area contributed by atoms with E-state index in [1.165, 1.54) is 24.3 Å². The molecule has 21 heavy (non-hydrogen) atoms. The molecule has 5 nitrogen and oxygen atoms in total. The van der Waals surface area contributed by atoms with E-state index >= 15 is 0 Å². The molecule has 1 aromatic carbocycles. The minimum Gasteiger partial charge on any atom is -0.508 e. The van der Waals surface area contributed by atoms with Gasteiger partial charge >= 0.3 is 0 Å². The molecule has 0 atom stereocenters. The number of benzene rings is 2. The van der Waals surface area contributed by atoms with E-state index in [1.807, 2.05) is 0 Å². The van der Waals surface area contributed by atoms with Gasteiger partial charge in [-0.1, -0.05) is 0 Å². The van der Waals surface area contributed by atoms with Crippen LogP contribution >= 0.6 is 12.4 Å². The van der Waals surface area contributed by atoms with Crippen molar-refractivity contribution in [2.24, 2.45) is 0 Å². The van der Waals surface area contributed by atoms with Crippen molar-refractivity contribution in [2.75, 3.05) is 0 Å². The topological polar surface area (TPSA) is 90.9 Å². The van der Waals surface area contributed by atoms with E-state index in [0.717, 1.165) is 6.07 Å². The van der Waals surface area contributed by atoms with E-state index in [-0.39, 0.29) is 52.2 Å². The van der Waals surface area contributed by atoms with Crippen LogP contribution in [0.4, 0.5) is 0 Å². The monoisotopic (exact) mass is 306 g/mol. The molecule has 0 saturated carbocycles. The number of halogens is 1. The van der Waals surface area contributed by atoms with Gasteiger partial charge in [-0.15, -0.1) is 12.4 Å². The Morgan fingerprint density at radius 3 is 2.19 bits per heavy atom. The maximum Gasteiger partial charge on any atom is 0.186 e. The van der Waals surface area contributed by atoms with Crippen molar-refractivity contribution in [3.05, 3.63) is 52.7 Å². The van der Waals surface area contributed by atoms with E-state index in [0.29, 0.717) is 5.56 Å². The van der Waals surface area contributed by atoms with Crippen molar-refractivity contribution in [2.45, 2.75) is 0 Å². The summed E-state index contributed by atoms with van der Waals surface area (Å²) in [6.07, 6.45) is 0. The summed E-state index contributed by atoms with van der Waals surface area (Å²) >= 11 is 0. The van der Waals surface area contributed by atoms with Gasteiger partial charge in [-0.2, -0.15) is 0 Å². The Bertz CT molecular complexity index is 807. The highest BCUT2D eigenvalue weighted by Crippen LogP contribution is 2.39. The van der Waals surface area contributed by atoms with Crippen molar-refractivity contribution in [3.8, 4) is 39.9 Å². The Hall–Kier alpha value is -2.66. The van der Waals surface area contributed by atoms with E-state index < -0.39 is 0 Å². The lowest BCUT2D eigenvalue weighted by atomic mass is 10.1. The zero-order valence-electron chi connectivity index (χ0n) is 10.6. The average Bonchev–Trinajstić information content (AvgIpc) is 2.40. The second-order valence-electron chi connectivity index (χ2n) is 4.36. The number of hydrogen-bond donors (Lipinski definition) is 3. The number of aromatic hydroxyl groups is 3. The smallest absolute Gasteiger partial charge is 0.186 e. The molecule has 0 saturated heterocycles. The largest absolute Gasteiger partial charge is 0.508 e. The average molecular weight is 307 g/mol. The molecule has 6 heteroatoms. The van der Waals surface area contributed by atoms with Crippen LogP contribution in [0.3, 0.4) is 0 Å². The maximum atomic E-state index is 11.4. The number of fused-ring (bicyclic) bond motifs is 1. The van der Waals surface area contributed by atoms with Crippen LogP contribution in [0.2, 0.25) is 0 Å². The molecule has 0 amide bonds. The third-order valence-corrected chi connectivity index (χ3v) is 2.95. The standard InChI is InChI=1S/C15H10O5.ClH/c16-9-3-1-8(2-4-9)15-13(19)7-11-12(18)5-10(17)6-14(11)20-15;/h1-7,16,18-19H;1H. The SMILES string of the molecule is Cl.O=c1cc2oc(-c3ccc(O)cc3)c(O)cc-2c(O)c1. The first-order valence-corrected chi connectivity index (χ1v) is 5.84. The van der Waals surface area contributed by atoms with Crippen LogP contribution in [-0.4, -0.2) is 15.3 Å². The Kier molecular flexibility index (Phi) is 3.78. The van der Waals surface area contributed by atoms with Gasteiger partial charge in [-0.05, 0) is 30.3 Å². The molecule has 0 bridgehead atoms. The van der Waals surface area contributed by atoms with Gasteiger partial charge in [0.05, 0.1) is 5.56 Å². The molecule has 0 fully saturated rings. The lowest BCUT2D eigenvalue weighted by molar-refractivity contribution is 0.439. The second kappa shape index (κ2) is 5.38. The summed E-state index contributed by atoms with van der Waals surface area (Å²) < 4.78 is 5.49. The van der Waals surface area contributed by atoms with Crippen LogP contribution in [0.1, 0.15) is 0 Å². The van der Waals surface area contributed by atoms with E-state index in [9.17, 15) is 20.1 Å². The van der Waals surface area contributed by atoms with Gasteiger partial charge in [0.1, 0.15) is 17.3 Å². The van der Waals surface area contributed by atoms with Crippen molar-refractivity contribution < 1.29 is 19.7 Å². The predicted molar refractivity (Wildman–Crippen MR) is 79.3 cm³/mol. The van der Waals surface area contributed by atoms with Crippen LogP contribution in [-0.2, 0) is 0 Å². The normalized spacial score (nSPS) is 10.3. The summed E-state index contributed by atoms with van der Waals surface area (Å²) in [5.41, 5.74) is 0.406. The van der Waals surface area contributed by atoms with Gasteiger partial charge in [0.15, 0.2) is 16.9 Å². The molecular formula is C15H11ClO5. The van der Waals surface area contributed by atoms with Crippen LogP contribution in [0.25, 0.3) is 22.6 Å². The highest BCUT2D eigenvalue weighted by molar-refractivity contribution is 5.85. The molecule has 3 N–H and O–H groups in total. The number of hydrogen-bond acceptors (Lipinski definition) is 5. The Labute approximate surface area is 125 Å². The second-order valence-corrected chi connectivity index (χ2v) is 4.36. The van der Waals surface area contributed by atoms with Gasteiger partial charge in [-0.25, -0.2) is 0 Å². The van der Waals surface area contributed by atoms with Gasteiger partial charge in [0, 0.05) is 17.7 Å². The minimum atomic E-state index is -0.388. The molecule has 3 rings (SSSR count). The first kappa shape index (κ1) is 14.7. The van der Waals surface area contributed by atoms with Gasteiger partial charge in [0.25, 0.3) is 0 Å². The van der Waals surface area contributed by atoms with Crippen molar-refractivity contribution in [1.29, 1.82) is 0 Å². The molecule has 2 aliphatic rings. The van der Waals surface area contributed by atoms with Crippen LogP contribution in [0.5, 0.6) is 17.2 Å². The van der Waals surface area contributed by atoms with Gasteiger partial charge < -0.3 is 19.7 Å². The third-order valence-electron chi connectivity index (χ3n) is 2.95. The number of rotatable bonds is 1. The predicted octanol–water partition coefficient (Wildman–Crippen LogP) is 2.95. The molecule has 1 aromatic rings. The van der Waals surface area contributed by atoms with Crippen LogP contribution in [0.15, 0.2) is 51.7 Å². The molecule has 0 aromatic heterocycles. The van der Waals surface area contributed by atoms with Crippen LogP contribution in [0, 0.1) is 0 Å². The first-order valence-electron chi connectivity index (χ1n) is 5.84. The minimum absolute atomic E-state index is 0. The molecule has 0 unspecified atom stereocenters. The fourth-order valence-corrected chi connectivity index (χ4v) is 2.00. The zero-order chi connectivity index (χ0) is 14.3. The van der Waals surface area contributed by atoms with Gasteiger partial charge in [-0.3, -0.25) is 4.79 Å². The van der Waals surface area contributed by atoms with E-state index in [4.69, 9.17) is 4.42 Å². The van der Waals surface area contributed by atoms with Gasteiger partial charge in [0.2, 0.25) is 0 Å². The quantitative estimate of drug-likeness (QED) is 0.643. The highest BCUT2D eigenvalue weighted by Gasteiger charge is 2.17. The third kappa shape index (κ3) is 2.64. The molecular weight excluding hydrogens is 296 g/mol. The molecule has 108 valence electrons. The summed E-state index contributed by atoms with van der Waals surface area (Å²) in [4.78, 5) is 11.4. The molecule has 1 aliphatic heterocycles. The van der Waals surface area contributed by atoms with Crippen molar-refractivity contribution >= 4 is 12.4 Å². The Balaban J connectivity index is 0.00000161. The Morgan fingerprint density at radius 1 is 0.857 bits per heavy atom. The zero-order valence-corrected chi connectivity index (χ0v) is 11.4. The molecule has 0 radical (unpaired) electrons. The first-order chi connectivity index (χ1) is 9.54. The van der Waals surface area contributed by atoms with E-state index in [1.54, 1.807) is 12.1 Å². The summed E-state index contributed by atoms with van der Waals surface area (Å²) in [6, 6.07) is 9.67. The summed E-state index contributed by atoms with van der Waals surface area (Å²) in [6.45, 7) is 0. The molecule has 1 aliphatic carbocycles. The Morgan fingerprint density at radius 2 is 1.52 bits per heavy atom.